The van der Waals surface area contributed by atoms with Crippen molar-refractivity contribution in [3.8, 4) is 5.69 Å². The molecule has 2 N–H and O–H groups in total. The molecule has 0 aliphatic rings. The first-order valence-electron chi connectivity index (χ1n) is 6.57. The summed E-state index contributed by atoms with van der Waals surface area (Å²) in [6.07, 6.45) is 1.71. The van der Waals surface area contributed by atoms with Gasteiger partial charge in [-0.05, 0) is 24.6 Å². The maximum atomic E-state index is 5.92. The van der Waals surface area contributed by atoms with Crippen molar-refractivity contribution in [3.63, 3.8) is 0 Å². The monoisotopic (exact) mass is 322 g/mol. The molecule has 0 saturated carbocycles. The first kappa shape index (κ1) is 14.2. The molecular formula is C14H19BrN4. The van der Waals surface area contributed by atoms with Gasteiger partial charge in [-0.25, -0.2) is 9.67 Å². The Morgan fingerprint density at radius 3 is 2.58 bits per heavy atom. The smallest absolute Gasteiger partial charge is 0.151 e. The van der Waals surface area contributed by atoms with Crippen LogP contribution in [0.25, 0.3) is 5.69 Å². The Labute approximate surface area is 122 Å². The maximum Gasteiger partial charge on any atom is 0.151 e. The lowest BCUT2D eigenvalue weighted by Crippen LogP contribution is -2.07. The van der Waals surface area contributed by atoms with Gasteiger partial charge < -0.3 is 5.73 Å². The van der Waals surface area contributed by atoms with Crippen LogP contribution in [-0.2, 0) is 12.8 Å². The predicted molar refractivity (Wildman–Crippen MR) is 80.4 cm³/mol. The minimum atomic E-state index is 0.0102. The Morgan fingerprint density at radius 2 is 2.05 bits per heavy atom. The Hall–Kier alpha value is -1.20. The Bertz CT molecular complexity index is 575. The van der Waals surface area contributed by atoms with Crippen LogP contribution >= 0.6 is 15.9 Å². The summed E-state index contributed by atoms with van der Waals surface area (Å²) in [7, 11) is 0. The highest BCUT2D eigenvalue weighted by Crippen LogP contribution is 2.25. The first-order chi connectivity index (χ1) is 9.06. The Balaban J connectivity index is 2.47. The predicted octanol–water partition coefficient (Wildman–Crippen LogP) is 3.17. The van der Waals surface area contributed by atoms with Crippen molar-refractivity contribution in [3.05, 3.63) is 39.9 Å². The molecule has 1 aromatic heterocycles. The average molecular weight is 323 g/mol. The van der Waals surface area contributed by atoms with Gasteiger partial charge >= 0.3 is 0 Å². The van der Waals surface area contributed by atoms with E-state index in [1.807, 2.05) is 29.8 Å². The van der Waals surface area contributed by atoms with Crippen molar-refractivity contribution in [2.75, 3.05) is 0 Å². The molecule has 0 saturated heterocycles. The summed E-state index contributed by atoms with van der Waals surface area (Å²) < 4.78 is 2.92. The van der Waals surface area contributed by atoms with Gasteiger partial charge in [0.15, 0.2) is 5.82 Å². The second-order valence-electron chi connectivity index (χ2n) is 4.56. The van der Waals surface area contributed by atoms with Gasteiger partial charge in [-0.3, -0.25) is 0 Å². The maximum absolute atomic E-state index is 5.92. The number of halogens is 1. The Kier molecular flexibility index (Phi) is 4.37. The van der Waals surface area contributed by atoms with Gasteiger partial charge in [0.1, 0.15) is 5.82 Å². The number of hydrogen-bond donors (Lipinski definition) is 1. The van der Waals surface area contributed by atoms with Crippen LogP contribution < -0.4 is 5.73 Å². The second-order valence-corrected chi connectivity index (χ2v) is 5.41. The lowest BCUT2D eigenvalue weighted by molar-refractivity contribution is 0.782. The molecule has 0 amide bonds. The molecule has 0 radical (unpaired) electrons. The summed E-state index contributed by atoms with van der Waals surface area (Å²) in [5.74, 6) is 1.86. The number of aromatic nitrogens is 3. The van der Waals surface area contributed by atoms with E-state index in [0.29, 0.717) is 0 Å². The fraction of sp³-hybridized carbons (Fsp3) is 0.429. The standard InChI is InChI=1S/C14H19BrN4/c1-4-13-17-14(5-2)19(18-13)10-6-7-11(9(3)16)12(15)8-10/h6-9H,4-5,16H2,1-3H3/t9-/m1/s1. The summed E-state index contributed by atoms with van der Waals surface area (Å²) in [5, 5.41) is 4.54. The van der Waals surface area contributed by atoms with Crippen molar-refractivity contribution >= 4 is 15.9 Å². The van der Waals surface area contributed by atoms with E-state index >= 15 is 0 Å². The molecule has 0 aliphatic heterocycles. The number of rotatable bonds is 4. The number of nitrogens with two attached hydrogens (primary N) is 1. The van der Waals surface area contributed by atoms with Gasteiger partial charge in [-0.15, -0.1) is 0 Å². The zero-order chi connectivity index (χ0) is 14.0. The minimum absolute atomic E-state index is 0.0102. The third-order valence-corrected chi connectivity index (χ3v) is 3.76. The van der Waals surface area contributed by atoms with E-state index < -0.39 is 0 Å². The van der Waals surface area contributed by atoms with E-state index in [1.54, 1.807) is 0 Å². The van der Waals surface area contributed by atoms with E-state index in [2.05, 4.69) is 39.9 Å². The normalized spacial score (nSPS) is 12.7. The molecule has 0 unspecified atom stereocenters. The highest BCUT2D eigenvalue weighted by Gasteiger charge is 2.11. The van der Waals surface area contributed by atoms with Crippen LogP contribution in [0.5, 0.6) is 0 Å². The lowest BCUT2D eigenvalue weighted by atomic mass is 10.1. The van der Waals surface area contributed by atoms with Crippen LogP contribution in [-0.4, -0.2) is 14.8 Å². The first-order valence-corrected chi connectivity index (χ1v) is 7.36. The molecule has 1 heterocycles. The van der Waals surface area contributed by atoms with Crippen LogP contribution in [0.2, 0.25) is 0 Å². The summed E-state index contributed by atoms with van der Waals surface area (Å²) >= 11 is 3.57. The molecular weight excluding hydrogens is 304 g/mol. The SMILES string of the molecule is CCc1nc(CC)n(-c2ccc([C@@H](C)N)c(Br)c2)n1. The number of hydrogen-bond acceptors (Lipinski definition) is 3. The molecule has 2 rings (SSSR count). The van der Waals surface area contributed by atoms with Crippen LogP contribution in [0.15, 0.2) is 22.7 Å². The van der Waals surface area contributed by atoms with Crippen LogP contribution in [0.3, 0.4) is 0 Å². The molecule has 5 heteroatoms. The molecule has 0 bridgehead atoms. The topological polar surface area (TPSA) is 56.7 Å². The quantitative estimate of drug-likeness (QED) is 0.940. The molecule has 19 heavy (non-hydrogen) atoms. The number of aryl methyl sites for hydroxylation is 2. The minimum Gasteiger partial charge on any atom is -0.324 e. The highest BCUT2D eigenvalue weighted by molar-refractivity contribution is 9.10. The van der Waals surface area contributed by atoms with Gasteiger partial charge in [0.2, 0.25) is 0 Å². The van der Waals surface area contributed by atoms with Crippen LogP contribution in [0.4, 0.5) is 0 Å². The lowest BCUT2D eigenvalue weighted by Gasteiger charge is -2.11. The van der Waals surface area contributed by atoms with E-state index in [4.69, 9.17) is 5.73 Å². The summed E-state index contributed by atoms with van der Waals surface area (Å²) in [6.45, 7) is 6.13. The van der Waals surface area contributed by atoms with Gasteiger partial charge in [-0.2, -0.15) is 5.10 Å². The van der Waals surface area contributed by atoms with Gasteiger partial charge in [0.25, 0.3) is 0 Å². The molecule has 0 spiro atoms. The molecule has 0 aliphatic carbocycles. The summed E-state index contributed by atoms with van der Waals surface area (Å²) in [5.41, 5.74) is 8.03. The van der Waals surface area contributed by atoms with E-state index in [-0.39, 0.29) is 6.04 Å². The zero-order valence-electron chi connectivity index (χ0n) is 11.5. The van der Waals surface area contributed by atoms with Crippen molar-refractivity contribution in [2.45, 2.75) is 39.7 Å². The number of benzene rings is 1. The Morgan fingerprint density at radius 1 is 1.32 bits per heavy atom. The molecule has 2 aromatic rings. The van der Waals surface area contributed by atoms with Gasteiger partial charge in [0, 0.05) is 23.4 Å². The summed E-state index contributed by atoms with van der Waals surface area (Å²) in [6, 6.07) is 6.13. The average Bonchev–Trinajstić information content (AvgIpc) is 2.81. The fourth-order valence-corrected chi connectivity index (χ4v) is 2.72. The third-order valence-electron chi connectivity index (χ3n) is 3.07. The van der Waals surface area contributed by atoms with Crippen LogP contribution in [0, 0.1) is 0 Å². The van der Waals surface area contributed by atoms with Crippen molar-refractivity contribution < 1.29 is 0 Å². The van der Waals surface area contributed by atoms with Gasteiger partial charge in [0.05, 0.1) is 5.69 Å². The zero-order valence-corrected chi connectivity index (χ0v) is 13.1. The van der Waals surface area contributed by atoms with Crippen LogP contribution in [0.1, 0.15) is 44.0 Å². The van der Waals surface area contributed by atoms with Gasteiger partial charge in [-0.1, -0.05) is 35.8 Å². The molecule has 4 nitrogen and oxygen atoms in total. The highest BCUT2D eigenvalue weighted by atomic mass is 79.9. The van der Waals surface area contributed by atoms with E-state index in [1.165, 1.54) is 0 Å². The summed E-state index contributed by atoms with van der Waals surface area (Å²) in [4.78, 5) is 4.52. The fourth-order valence-electron chi connectivity index (χ4n) is 1.99. The number of nitrogens with zero attached hydrogens (tertiary/aromatic N) is 3. The van der Waals surface area contributed by atoms with E-state index in [9.17, 15) is 0 Å². The largest absolute Gasteiger partial charge is 0.324 e. The third kappa shape index (κ3) is 2.87. The van der Waals surface area contributed by atoms with Crippen molar-refractivity contribution in [1.82, 2.24) is 14.8 Å². The molecule has 1 atom stereocenters. The second kappa shape index (κ2) is 5.84. The molecule has 1 aromatic carbocycles. The van der Waals surface area contributed by atoms with E-state index in [0.717, 1.165) is 40.2 Å². The van der Waals surface area contributed by atoms with Crippen molar-refractivity contribution in [1.29, 1.82) is 0 Å². The molecule has 102 valence electrons. The molecule has 0 fully saturated rings. The van der Waals surface area contributed by atoms with Crippen molar-refractivity contribution in [2.24, 2.45) is 5.73 Å².